The molecule has 1 amide bonds. The van der Waals surface area contributed by atoms with E-state index in [0.717, 1.165) is 11.1 Å². The van der Waals surface area contributed by atoms with Crippen LogP contribution in [0.4, 0.5) is 5.69 Å². The minimum Gasteiger partial charge on any atom is -0.495 e. The summed E-state index contributed by atoms with van der Waals surface area (Å²) in [5.41, 5.74) is 3.27. The second kappa shape index (κ2) is 8.55. The Morgan fingerprint density at radius 1 is 1.27 bits per heavy atom. The zero-order valence-electron chi connectivity index (χ0n) is 15.3. The van der Waals surface area contributed by atoms with Crippen LogP contribution in [0.5, 0.6) is 5.75 Å². The highest BCUT2D eigenvalue weighted by Crippen LogP contribution is 2.31. The molecule has 0 saturated carbocycles. The number of nitrogens with zero attached hydrogens (tertiary/aromatic N) is 1. The number of ether oxygens (including phenoxy) is 1. The molecule has 2 rings (SSSR count). The smallest absolute Gasteiger partial charge is 0.266 e. The second-order valence-electron chi connectivity index (χ2n) is 6.25. The summed E-state index contributed by atoms with van der Waals surface area (Å²) in [5.74, 6) is 0.361. The van der Waals surface area contributed by atoms with E-state index >= 15 is 0 Å². The fourth-order valence-electron chi connectivity index (χ4n) is 2.41. The number of halogens is 1. The third-order valence-corrected chi connectivity index (χ3v) is 4.42. The molecule has 0 aliphatic rings. The zero-order chi connectivity index (χ0) is 19.3. The number of anilines is 1. The Hall–Kier alpha value is -2.77. The van der Waals surface area contributed by atoms with E-state index in [9.17, 15) is 10.1 Å². The van der Waals surface area contributed by atoms with Gasteiger partial charge in [-0.25, -0.2) is 0 Å². The first-order valence-electron chi connectivity index (χ1n) is 8.23. The lowest BCUT2D eigenvalue weighted by atomic mass is 10.0. The highest BCUT2D eigenvalue weighted by Gasteiger charge is 2.14. The van der Waals surface area contributed by atoms with Gasteiger partial charge in [-0.05, 0) is 41.7 Å². The standard InChI is InChI=1S/C21H21ClN2O2/c1-13(2)16-7-5-15(6-8-16)10-17(12-23)21(25)24-19-9-14(3)18(22)11-20(19)26-4/h5-11,13H,1-4H3,(H,24,25). The van der Waals surface area contributed by atoms with Gasteiger partial charge in [0.15, 0.2) is 0 Å². The van der Waals surface area contributed by atoms with E-state index in [1.165, 1.54) is 12.7 Å². The Bertz CT molecular complexity index is 878. The van der Waals surface area contributed by atoms with Crippen molar-refractivity contribution in [2.75, 3.05) is 12.4 Å². The van der Waals surface area contributed by atoms with Crippen molar-refractivity contribution in [3.8, 4) is 11.8 Å². The Balaban J connectivity index is 2.27. The third-order valence-electron chi connectivity index (χ3n) is 4.01. The topological polar surface area (TPSA) is 62.1 Å². The number of rotatable bonds is 5. The summed E-state index contributed by atoms with van der Waals surface area (Å²) in [6.45, 7) is 6.05. The van der Waals surface area contributed by atoms with Gasteiger partial charge in [-0.1, -0.05) is 49.7 Å². The predicted molar refractivity (Wildman–Crippen MR) is 105 cm³/mol. The van der Waals surface area contributed by atoms with Crippen LogP contribution in [0, 0.1) is 18.3 Å². The zero-order valence-corrected chi connectivity index (χ0v) is 16.0. The van der Waals surface area contributed by atoms with Crippen LogP contribution in [-0.4, -0.2) is 13.0 Å². The van der Waals surface area contributed by atoms with Crippen molar-refractivity contribution in [2.24, 2.45) is 0 Å². The number of benzene rings is 2. The van der Waals surface area contributed by atoms with Crippen molar-refractivity contribution in [2.45, 2.75) is 26.7 Å². The first-order chi connectivity index (χ1) is 12.3. The molecule has 0 fully saturated rings. The van der Waals surface area contributed by atoms with Crippen molar-refractivity contribution in [1.82, 2.24) is 0 Å². The van der Waals surface area contributed by atoms with E-state index in [1.807, 2.05) is 37.3 Å². The number of hydrogen-bond donors (Lipinski definition) is 1. The van der Waals surface area contributed by atoms with Gasteiger partial charge in [-0.15, -0.1) is 0 Å². The summed E-state index contributed by atoms with van der Waals surface area (Å²) in [6, 6.07) is 13.1. The Kier molecular flexibility index (Phi) is 6.43. The Labute approximate surface area is 159 Å². The van der Waals surface area contributed by atoms with Crippen LogP contribution in [0.3, 0.4) is 0 Å². The summed E-state index contributed by atoms with van der Waals surface area (Å²) in [5, 5.41) is 12.6. The molecule has 4 nitrogen and oxygen atoms in total. The van der Waals surface area contributed by atoms with Gasteiger partial charge in [-0.3, -0.25) is 4.79 Å². The van der Waals surface area contributed by atoms with E-state index in [2.05, 4.69) is 19.2 Å². The molecule has 26 heavy (non-hydrogen) atoms. The quantitative estimate of drug-likeness (QED) is 0.573. The van der Waals surface area contributed by atoms with Gasteiger partial charge in [0, 0.05) is 11.1 Å². The third kappa shape index (κ3) is 4.65. The minimum absolute atomic E-state index is 0.0111. The van der Waals surface area contributed by atoms with Gasteiger partial charge in [0.2, 0.25) is 0 Å². The minimum atomic E-state index is -0.500. The van der Waals surface area contributed by atoms with Crippen LogP contribution >= 0.6 is 11.6 Å². The molecule has 0 aliphatic heterocycles. The molecule has 0 bridgehead atoms. The number of carbonyl (C=O) groups excluding carboxylic acids is 1. The number of methoxy groups -OCH3 is 1. The number of amides is 1. The van der Waals surface area contributed by atoms with Crippen molar-refractivity contribution in [1.29, 1.82) is 5.26 Å². The van der Waals surface area contributed by atoms with Gasteiger partial charge in [0.05, 0.1) is 12.8 Å². The molecule has 1 N–H and O–H groups in total. The van der Waals surface area contributed by atoms with E-state index in [4.69, 9.17) is 16.3 Å². The van der Waals surface area contributed by atoms with Crippen LogP contribution in [0.15, 0.2) is 42.0 Å². The molecular weight excluding hydrogens is 348 g/mol. The van der Waals surface area contributed by atoms with Gasteiger partial charge >= 0.3 is 0 Å². The van der Waals surface area contributed by atoms with E-state index in [1.54, 1.807) is 18.2 Å². The largest absolute Gasteiger partial charge is 0.495 e. The monoisotopic (exact) mass is 368 g/mol. The molecule has 2 aromatic rings. The molecule has 0 aromatic heterocycles. The number of carbonyl (C=O) groups is 1. The summed E-state index contributed by atoms with van der Waals surface area (Å²) >= 11 is 6.08. The second-order valence-corrected chi connectivity index (χ2v) is 6.65. The number of hydrogen-bond acceptors (Lipinski definition) is 3. The molecule has 0 radical (unpaired) electrons. The first-order valence-corrected chi connectivity index (χ1v) is 8.60. The first kappa shape index (κ1) is 19.6. The summed E-state index contributed by atoms with van der Waals surface area (Å²) in [7, 11) is 1.49. The van der Waals surface area contributed by atoms with Crippen molar-refractivity contribution < 1.29 is 9.53 Å². The SMILES string of the molecule is COc1cc(Cl)c(C)cc1NC(=O)C(C#N)=Cc1ccc(C(C)C)cc1. The maximum absolute atomic E-state index is 12.5. The van der Waals surface area contributed by atoms with Gasteiger partial charge < -0.3 is 10.1 Å². The van der Waals surface area contributed by atoms with Gasteiger partial charge in [0.1, 0.15) is 17.4 Å². The lowest BCUT2D eigenvalue weighted by Crippen LogP contribution is -2.14. The fourth-order valence-corrected chi connectivity index (χ4v) is 2.57. The van der Waals surface area contributed by atoms with Crippen LogP contribution in [-0.2, 0) is 4.79 Å². The van der Waals surface area contributed by atoms with Crippen molar-refractivity contribution in [3.63, 3.8) is 0 Å². The lowest BCUT2D eigenvalue weighted by molar-refractivity contribution is -0.112. The van der Waals surface area contributed by atoms with Gasteiger partial charge in [0.25, 0.3) is 5.91 Å². The average molecular weight is 369 g/mol. The number of nitrogens with one attached hydrogen (secondary N) is 1. The molecule has 0 heterocycles. The van der Waals surface area contributed by atoms with Crippen LogP contribution < -0.4 is 10.1 Å². The molecule has 0 saturated heterocycles. The molecule has 134 valence electrons. The highest BCUT2D eigenvalue weighted by atomic mass is 35.5. The van der Waals surface area contributed by atoms with Crippen molar-refractivity contribution >= 4 is 29.3 Å². The van der Waals surface area contributed by atoms with Crippen LogP contribution in [0.2, 0.25) is 5.02 Å². The van der Waals surface area contributed by atoms with E-state index < -0.39 is 5.91 Å². The van der Waals surface area contributed by atoms with Gasteiger partial charge in [-0.2, -0.15) is 5.26 Å². The maximum atomic E-state index is 12.5. The van der Waals surface area contributed by atoms with Crippen LogP contribution in [0.1, 0.15) is 36.5 Å². The maximum Gasteiger partial charge on any atom is 0.266 e. The summed E-state index contributed by atoms with van der Waals surface area (Å²) in [4.78, 5) is 12.5. The Morgan fingerprint density at radius 2 is 1.92 bits per heavy atom. The lowest BCUT2D eigenvalue weighted by Gasteiger charge is -2.12. The van der Waals surface area contributed by atoms with E-state index in [0.29, 0.717) is 22.4 Å². The molecular formula is C21H21ClN2O2. The number of aryl methyl sites for hydroxylation is 1. The molecule has 0 spiro atoms. The highest BCUT2D eigenvalue weighted by molar-refractivity contribution is 6.31. The average Bonchev–Trinajstić information content (AvgIpc) is 2.62. The number of nitriles is 1. The normalized spacial score (nSPS) is 11.2. The van der Waals surface area contributed by atoms with Crippen LogP contribution in [0.25, 0.3) is 6.08 Å². The predicted octanol–water partition coefficient (Wildman–Crippen LogP) is 5.33. The van der Waals surface area contributed by atoms with E-state index in [-0.39, 0.29) is 5.57 Å². The summed E-state index contributed by atoms with van der Waals surface area (Å²) in [6.07, 6.45) is 1.56. The summed E-state index contributed by atoms with van der Waals surface area (Å²) < 4.78 is 5.25. The molecule has 5 heteroatoms. The fraction of sp³-hybridized carbons (Fsp3) is 0.238. The molecule has 2 aromatic carbocycles. The molecule has 0 aliphatic carbocycles. The Morgan fingerprint density at radius 3 is 2.46 bits per heavy atom. The molecule has 0 atom stereocenters. The van der Waals surface area contributed by atoms with Crippen molar-refractivity contribution in [3.05, 3.63) is 63.7 Å². The molecule has 0 unspecified atom stereocenters.